The van der Waals surface area contributed by atoms with Crippen LogP contribution in [0.2, 0.25) is 0 Å². The maximum Gasteiger partial charge on any atom is 0.327 e. The number of carbonyl (C=O) groups is 1. The highest BCUT2D eigenvalue weighted by Crippen LogP contribution is 2.01. The maximum absolute atomic E-state index is 10.7. The van der Waals surface area contributed by atoms with E-state index in [0.717, 1.165) is 0 Å². The van der Waals surface area contributed by atoms with Gasteiger partial charge in [-0.3, -0.25) is 5.41 Å². The predicted octanol–water partition coefficient (Wildman–Crippen LogP) is -0.249. The standard InChI is InChI=1S/C7H13N3O2S/c1-2-3-10(7(8)9)5(4-13)6(11)12/h2,5,13H,1,3-4H2,(H3,8,9)(H,11,12)/t5-/m0/s1. The molecule has 0 aromatic rings. The molecule has 4 N–H and O–H groups in total. The topological polar surface area (TPSA) is 90.4 Å². The molecular weight excluding hydrogens is 190 g/mol. The Morgan fingerprint density at radius 3 is 2.62 bits per heavy atom. The van der Waals surface area contributed by atoms with Crippen molar-refractivity contribution < 1.29 is 9.90 Å². The summed E-state index contributed by atoms with van der Waals surface area (Å²) >= 11 is 3.87. The number of hydrogen-bond donors (Lipinski definition) is 4. The molecule has 0 bridgehead atoms. The van der Waals surface area contributed by atoms with Crippen LogP contribution in [0.5, 0.6) is 0 Å². The molecule has 0 aromatic heterocycles. The van der Waals surface area contributed by atoms with Gasteiger partial charge in [-0.25, -0.2) is 4.79 Å². The molecule has 0 spiro atoms. The van der Waals surface area contributed by atoms with Gasteiger partial charge in [0.25, 0.3) is 0 Å². The van der Waals surface area contributed by atoms with Gasteiger partial charge < -0.3 is 15.7 Å². The van der Waals surface area contributed by atoms with Gasteiger partial charge in [-0.1, -0.05) is 6.08 Å². The molecule has 0 aliphatic carbocycles. The fraction of sp³-hybridized carbons (Fsp3) is 0.429. The SMILES string of the molecule is C=CCN(C(=N)N)[C@@H](CS)C(=O)O. The molecule has 5 nitrogen and oxygen atoms in total. The summed E-state index contributed by atoms with van der Waals surface area (Å²) in [6.45, 7) is 3.68. The number of nitrogens with zero attached hydrogens (tertiary/aromatic N) is 1. The zero-order chi connectivity index (χ0) is 10.4. The molecule has 0 amide bonds. The molecule has 0 rings (SSSR count). The monoisotopic (exact) mass is 203 g/mol. The summed E-state index contributed by atoms with van der Waals surface area (Å²) in [5, 5.41) is 15.9. The van der Waals surface area contributed by atoms with Crippen molar-refractivity contribution >= 4 is 24.6 Å². The molecule has 0 aliphatic heterocycles. The van der Waals surface area contributed by atoms with Crippen LogP contribution in [0.15, 0.2) is 12.7 Å². The zero-order valence-corrected chi connectivity index (χ0v) is 8.00. The van der Waals surface area contributed by atoms with E-state index in [1.807, 2.05) is 0 Å². The third-order valence-corrected chi connectivity index (χ3v) is 1.82. The lowest BCUT2D eigenvalue weighted by molar-refractivity contribution is -0.140. The largest absolute Gasteiger partial charge is 0.480 e. The lowest BCUT2D eigenvalue weighted by Gasteiger charge is -2.26. The zero-order valence-electron chi connectivity index (χ0n) is 7.10. The van der Waals surface area contributed by atoms with Crippen LogP contribution in [-0.2, 0) is 4.79 Å². The highest BCUT2D eigenvalue weighted by Gasteiger charge is 2.23. The van der Waals surface area contributed by atoms with Crippen LogP contribution in [0, 0.1) is 5.41 Å². The van der Waals surface area contributed by atoms with Gasteiger partial charge in [-0.15, -0.1) is 6.58 Å². The molecule has 0 heterocycles. The average Bonchev–Trinajstić information content (AvgIpc) is 2.03. The molecule has 6 heteroatoms. The van der Waals surface area contributed by atoms with Crippen LogP contribution in [0.25, 0.3) is 0 Å². The molecule has 0 unspecified atom stereocenters. The van der Waals surface area contributed by atoms with E-state index in [1.165, 1.54) is 11.0 Å². The average molecular weight is 203 g/mol. The number of guanidine groups is 1. The van der Waals surface area contributed by atoms with E-state index in [-0.39, 0.29) is 18.3 Å². The molecule has 1 atom stereocenters. The van der Waals surface area contributed by atoms with Gasteiger partial charge in [0.2, 0.25) is 0 Å². The van der Waals surface area contributed by atoms with Crippen molar-refractivity contribution in [3.05, 3.63) is 12.7 Å². The number of hydrogen-bond acceptors (Lipinski definition) is 3. The summed E-state index contributed by atoms with van der Waals surface area (Å²) < 4.78 is 0. The molecule has 0 fully saturated rings. The Bertz CT molecular complexity index is 220. The second-order valence-electron chi connectivity index (χ2n) is 2.36. The third kappa shape index (κ3) is 3.37. The number of nitrogens with one attached hydrogen (secondary N) is 1. The first kappa shape index (κ1) is 11.8. The Morgan fingerprint density at radius 2 is 2.38 bits per heavy atom. The van der Waals surface area contributed by atoms with Crippen LogP contribution in [0.4, 0.5) is 0 Å². The lowest BCUT2D eigenvalue weighted by atomic mass is 10.3. The van der Waals surface area contributed by atoms with Crippen molar-refractivity contribution in [2.24, 2.45) is 5.73 Å². The number of aliphatic carboxylic acids is 1. The lowest BCUT2D eigenvalue weighted by Crippen LogP contribution is -2.49. The van der Waals surface area contributed by atoms with Gasteiger partial charge in [0.05, 0.1) is 0 Å². The Balaban J connectivity index is 4.57. The van der Waals surface area contributed by atoms with E-state index in [4.69, 9.17) is 16.2 Å². The quantitative estimate of drug-likeness (QED) is 0.215. The second-order valence-corrected chi connectivity index (χ2v) is 2.73. The van der Waals surface area contributed by atoms with Crippen LogP contribution in [0.1, 0.15) is 0 Å². The molecule has 0 radical (unpaired) electrons. The van der Waals surface area contributed by atoms with E-state index in [1.54, 1.807) is 0 Å². The van der Waals surface area contributed by atoms with Crippen molar-refractivity contribution in [3.63, 3.8) is 0 Å². The number of rotatable bonds is 5. The van der Waals surface area contributed by atoms with Gasteiger partial charge in [0, 0.05) is 12.3 Å². The molecule has 0 saturated carbocycles. The fourth-order valence-corrected chi connectivity index (χ4v) is 1.20. The van der Waals surface area contributed by atoms with Crippen molar-refractivity contribution in [1.82, 2.24) is 4.90 Å². The highest BCUT2D eigenvalue weighted by atomic mass is 32.1. The Labute approximate surface area is 82.1 Å². The molecule has 0 aliphatic rings. The van der Waals surface area contributed by atoms with Gasteiger partial charge in [0.15, 0.2) is 5.96 Å². The maximum atomic E-state index is 10.7. The molecule has 13 heavy (non-hydrogen) atoms. The van der Waals surface area contributed by atoms with Crippen LogP contribution in [0.3, 0.4) is 0 Å². The second kappa shape index (κ2) is 5.47. The number of thiol groups is 1. The fourth-order valence-electron chi connectivity index (χ4n) is 0.843. The summed E-state index contributed by atoms with van der Waals surface area (Å²) in [5.74, 6) is -1.24. The Hall–Kier alpha value is -1.17. The first-order chi connectivity index (χ1) is 6.04. The number of carboxylic acid groups (broad SMARTS) is 1. The molecule has 0 aromatic carbocycles. The van der Waals surface area contributed by atoms with E-state index in [9.17, 15) is 4.79 Å². The molecule has 74 valence electrons. The third-order valence-electron chi connectivity index (χ3n) is 1.47. The van der Waals surface area contributed by atoms with Crippen LogP contribution >= 0.6 is 12.6 Å². The Kier molecular flexibility index (Phi) is 4.98. The van der Waals surface area contributed by atoms with Crippen molar-refractivity contribution in [1.29, 1.82) is 5.41 Å². The molecular formula is C7H13N3O2S. The predicted molar refractivity (Wildman–Crippen MR) is 54.1 cm³/mol. The van der Waals surface area contributed by atoms with E-state index >= 15 is 0 Å². The van der Waals surface area contributed by atoms with Gasteiger partial charge in [-0.2, -0.15) is 12.6 Å². The van der Waals surface area contributed by atoms with Gasteiger partial charge >= 0.3 is 5.97 Å². The van der Waals surface area contributed by atoms with E-state index in [0.29, 0.717) is 0 Å². The van der Waals surface area contributed by atoms with E-state index in [2.05, 4.69) is 19.2 Å². The first-order valence-corrected chi connectivity index (χ1v) is 4.23. The van der Waals surface area contributed by atoms with E-state index < -0.39 is 12.0 Å². The van der Waals surface area contributed by atoms with Crippen LogP contribution in [-0.4, -0.2) is 40.3 Å². The summed E-state index contributed by atoms with van der Waals surface area (Å²) in [6, 6.07) is -0.876. The summed E-state index contributed by atoms with van der Waals surface area (Å²) in [5.41, 5.74) is 5.20. The van der Waals surface area contributed by atoms with Crippen molar-refractivity contribution in [3.8, 4) is 0 Å². The smallest absolute Gasteiger partial charge is 0.327 e. The summed E-state index contributed by atoms with van der Waals surface area (Å²) in [7, 11) is 0. The first-order valence-electron chi connectivity index (χ1n) is 3.59. The van der Waals surface area contributed by atoms with Crippen LogP contribution < -0.4 is 5.73 Å². The summed E-state index contributed by atoms with van der Waals surface area (Å²) in [4.78, 5) is 11.9. The minimum atomic E-state index is -1.05. The van der Waals surface area contributed by atoms with Crippen molar-refractivity contribution in [2.75, 3.05) is 12.3 Å². The minimum Gasteiger partial charge on any atom is -0.480 e. The molecule has 0 saturated heterocycles. The minimum absolute atomic E-state index is 0.1000. The highest BCUT2D eigenvalue weighted by molar-refractivity contribution is 7.80. The number of carboxylic acids is 1. The Morgan fingerprint density at radius 1 is 1.85 bits per heavy atom. The van der Waals surface area contributed by atoms with Gasteiger partial charge in [0.1, 0.15) is 6.04 Å². The van der Waals surface area contributed by atoms with Crippen molar-refractivity contribution in [2.45, 2.75) is 6.04 Å². The van der Waals surface area contributed by atoms with Gasteiger partial charge in [-0.05, 0) is 0 Å². The number of nitrogens with two attached hydrogens (primary N) is 1. The normalized spacial score (nSPS) is 11.8. The summed E-state index contributed by atoms with van der Waals surface area (Å²) in [6.07, 6.45) is 1.49.